The molecule has 0 atom stereocenters. The van der Waals surface area contributed by atoms with Gasteiger partial charge in [-0.15, -0.1) is 6.58 Å². The fourth-order valence-electron chi connectivity index (χ4n) is 3.25. The van der Waals surface area contributed by atoms with E-state index in [0.29, 0.717) is 41.4 Å². The molecule has 0 radical (unpaired) electrons. The van der Waals surface area contributed by atoms with Crippen molar-refractivity contribution in [3.8, 4) is 23.0 Å². The number of nitrogens with one attached hydrogen (secondary N) is 1. The number of methoxy groups -OCH3 is 1. The number of halogens is 1. The number of hydrogen-bond acceptors (Lipinski definition) is 7. The van der Waals surface area contributed by atoms with Gasteiger partial charge in [0.25, 0.3) is 5.91 Å². The molecule has 0 aromatic heterocycles. The molecule has 1 N–H and O–H groups in total. The highest BCUT2D eigenvalue weighted by Crippen LogP contribution is 2.28. The van der Waals surface area contributed by atoms with Crippen molar-refractivity contribution < 1.29 is 28.5 Å². The predicted octanol–water partition coefficient (Wildman–Crippen LogP) is 5.72. The molecule has 0 unspecified atom stereocenters. The molecule has 3 aromatic carbocycles. The van der Waals surface area contributed by atoms with Gasteiger partial charge in [-0.05, 0) is 73.0 Å². The largest absolute Gasteiger partial charge is 0.494 e. The summed E-state index contributed by atoms with van der Waals surface area (Å²) in [7, 11) is 1.53. The van der Waals surface area contributed by atoms with Gasteiger partial charge < -0.3 is 18.9 Å². The Morgan fingerprint density at radius 1 is 1.00 bits per heavy atom. The number of hydrogen-bond donors (Lipinski definition) is 1. The highest BCUT2D eigenvalue weighted by Gasteiger charge is 2.13. The molecule has 0 aliphatic rings. The maximum absolute atomic E-state index is 12.7. The Morgan fingerprint density at radius 3 is 2.47 bits per heavy atom. The van der Waals surface area contributed by atoms with Crippen LogP contribution in [0.5, 0.6) is 23.0 Å². The molecular formula is C29H29BrN2O6. The number of esters is 1. The van der Waals surface area contributed by atoms with E-state index >= 15 is 0 Å². The van der Waals surface area contributed by atoms with Gasteiger partial charge in [0, 0.05) is 10.0 Å². The van der Waals surface area contributed by atoms with Crippen molar-refractivity contribution in [2.75, 3.05) is 20.3 Å². The molecule has 0 bridgehead atoms. The summed E-state index contributed by atoms with van der Waals surface area (Å²) in [6, 6.07) is 17.3. The number of allylic oxidation sites excluding steroid dienone is 1. The van der Waals surface area contributed by atoms with Crippen molar-refractivity contribution in [2.24, 2.45) is 5.10 Å². The SMILES string of the molecule is C=CCc1ccc(OCC(=O)N/N=C\c2cc(Br)ccc2OC(=O)c2ccc(OCCC)cc2)c(OC)c1. The Hall–Kier alpha value is -4.11. The quantitative estimate of drug-likeness (QED) is 0.0912. The zero-order chi connectivity index (χ0) is 27.3. The third-order valence-corrected chi connectivity index (χ3v) is 5.59. The van der Waals surface area contributed by atoms with Crippen molar-refractivity contribution in [3.63, 3.8) is 0 Å². The van der Waals surface area contributed by atoms with E-state index in [2.05, 4.69) is 33.0 Å². The average molecular weight is 581 g/mol. The first-order chi connectivity index (χ1) is 18.4. The molecule has 0 spiro atoms. The maximum Gasteiger partial charge on any atom is 0.343 e. The molecule has 0 fully saturated rings. The molecular weight excluding hydrogens is 552 g/mol. The van der Waals surface area contributed by atoms with Crippen LogP contribution in [0.15, 0.2) is 82.9 Å². The summed E-state index contributed by atoms with van der Waals surface area (Å²) in [6.45, 7) is 6.07. The topological polar surface area (TPSA) is 95.5 Å². The second kappa shape index (κ2) is 14.6. The minimum absolute atomic E-state index is 0.271. The number of carbonyl (C=O) groups is 2. The van der Waals surface area contributed by atoms with Gasteiger partial charge in [0.05, 0.1) is 25.5 Å². The van der Waals surface area contributed by atoms with Crippen LogP contribution in [-0.4, -0.2) is 38.4 Å². The van der Waals surface area contributed by atoms with Crippen LogP contribution in [0.2, 0.25) is 0 Å². The summed E-state index contributed by atoms with van der Waals surface area (Å²) in [6.07, 6.45) is 4.76. The van der Waals surface area contributed by atoms with Crippen molar-refractivity contribution in [1.29, 1.82) is 0 Å². The van der Waals surface area contributed by atoms with Crippen LogP contribution in [0.3, 0.4) is 0 Å². The van der Waals surface area contributed by atoms with Crippen molar-refractivity contribution in [2.45, 2.75) is 19.8 Å². The highest BCUT2D eigenvalue weighted by atomic mass is 79.9. The lowest BCUT2D eigenvalue weighted by atomic mass is 10.1. The van der Waals surface area contributed by atoms with Crippen LogP contribution < -0.4 is 24.4 Å². The first-order valence-electron chi connectivity index (χ1n) is 11.9. The maximum atomic E-state index is 12.7. The second-order valence-corrected chi connectivity index (χ2v) is 8.92. The Balaban J connectivity index is 1.60. The third kappa shape index (κ3) is 8.48. The lowest BCUT2D eigenvalue weighted by Crippen LogP contribution is -2.24. The summed E-state index contributed by atoms with van der Waals surface area (Å²) in [5.41, 5.74) is 4.28. The van der Waals surface area contributed by atoms with Gasteiger partial charge in [-0.3, -0.25) is 4.79 Å². The van der Waals surface area contributed by atoms with E-state index < -0.39 is 11.9 Å². The minimum Gasteiger partial charge on any atom is -0.494 e. The molecule has 0 aliphatic heterocycles. The molecule has 38 heavy (non-hydrogen) atoms. The molecule has 1 amide bonds. The fourth-order valence-corrected chi connectivity index (χ4v) is 3.63. The zero-order valence-electron chi connectivity index (χ0n) is 21.2. The van der Waals surface area contributed by atoms with Crippen LogP contribution in [0, 0.1) is 0 Å². The van der Waals surface area contributed by atoms with Gasteiger partial charge in [0.1, 0.15) is 11.5 Å². The van der Waals surface area contributed by atoms with E-state index in [-0.39, 0.29) is 12.4 Å². The van der Waals surface area contributed by atoms with Crippen LogP contribution in [0.25, 0.3) is 0 Å². The Morgan fingerprint density at radius 2 is 1.76 bits per heavy atom. The van der Waals surface area contributed by atoms with Crippen molar-refractivity contribution in [3.05, 3.63) is 94.5 Å². The highest BCUT2D eigenvalue weighted by molar-refractivity contribution is 9.10. The lowest BCUT2D eigenvalue weighted by molar-refractivity contribution is -0.123. The summed E-state index contributed by atoms with van der Waals surface area (Å²) in [5.74, 6) is 0.910. The van der Waals surface area contributed by atoms with Crippen LogP contribution >= 0.6 is 15.9 Å². The number of ether oxygens (including phenoxy) is 4. The number of nitrogens with zero attached hydrogens (tertiary/aromatic N) is 1. The smallest absolute Gasteiger partial charge is 0.343 e. The van der Waals surface area contributed by atoms with Gasteiger partial charge in [-0.2, -0.15) is 5.10 Å². The Bertz CT molecular complexity index is 1290. The average Bonchev–Trinajstić information content (AvgIpc) is 2.92. The number of carbonyl (C=O) groups excluding carboxylic acids is 2. The molecule has 198 valence electrons. The van der Waals surface area contributed by atoms with Gasteiger partial charge in [0.15, 0.2) is 18.1 Å². The standard InChI is InChI=1S/C29H29BrN2O6/c1-4-6-20-7-13-26(27(16-20)35-3)37-19-28(33)32-31-18-22-17-23(30)10-14-25(22)38-29(34)21-8-11-24(12-9-21)36-15-5-2/h4,7-14,16-18H,1,5-6,15,19H2,2-3H3,(H,32,33)/b31-18-. The molecule has 3 rings (SSSR count). The summed E-state index contributed by atoms with van der Waals surface area (Å²) in [5, 5.41) is 3.98. The van der Waals surface area contributed by atoms with E-state index in [0.717, 1.165) is 16.5 Å². The van der Waals surface area contributed by atoms with Gasteiger partial charge in [0.2, 0.25) is 0 Å². The number of rotatable bonds is 13. The monoisotopic (exact) mass is 580 g/mol. The van der Waals surface area contributed by atoms with Crippen molar-refractivity contribution in [1.82, 2.24) is 5.43 Å². The molecule has 9 heteroatoms. The Labute approximate surface area is 230 Å². The number of hydrazone groups is 1. The summed E-state index contributed by atoms with van der Waals surface area (Å²) < 4.78 is 22.8. The first kappa shape index (κ1) is 28.5. The zero-order valence-corrected chi connectivity index (χ0v) is 22.8. The lowest BCUT2D eigenvalue weighted by Gasteiger charge is -2.11. The second-order valence-electron chi connectivity index (χ2n) is 8.00. The van der Waals surface area contributed by atoms with E-state index in [1.165, 1.54) is 13.3 Å². The van der Waals surface area contributed by atoms with Crippen molar-refractivity contribution >= 4 is 34.0 Å². The first-order valence-corrected chi connectivity index (χ1v) is 12.7. The fraction of sp³-hybridized carbons (Fsp3) is 0.207. The van der Waals surface area contributed by atoms with Gasteiger partial charge >= 0.3 is 5.97 Å². The number of benzene rings is 3. The molecule has 8 nitrogen and oxygen atoms in total. The molecule has 0 aliphatic carbocycles. The normalized spacial score (nSPS) is 10.6. The van der Waals surface area contributed by atoms with E-state index in [4.69, 9.17) is 18.9 Å². The van der Waals surface area contributed by atoms with Gasteiger partial charge in [-0.25, -0.2) is 10.2 Å². The molecule has 0 heterocycles. The van der Waals surface area contributed by atoms with Gasteiger partial charge in [-0.1, -0.05) is 35.0 Å². The molecule has 0 saturated carbocycles. The van der Waals surface area contributed by atoms with E-state index in [1.54, 1.807) is 54.6 Å². The van der Waals surface area contributed by atoms with Crippen LogP contribution in [0.4, 0.5) is 0 Å². The van der Waals surface area contributed by atoms with Crippen LogP contribution in [-0.2, 0) is 11.2 Å². The van der Waals surface area contributed by atoms with Crippen LogP contribution in [0.1, 0.15) is 34.8 Å². The Kier molecular flexibility index (Phi) is 10.9. The summed E-state index contributed by atoms with van der Waals surface area (Å²) >= 11 is 3.40. The molecule has 3 aromatic rings. The van der Waals surface area contributed by atoms with E-state index in [1.807, 2.05) is 19.1 Å². The molecule has 0 saturated heterocycles. The summed E-state index contributed by atoms with van der Waals surface area (Å²) in [4.78, 5) is 24.9. The number of amides is 1. The third-order valence-electron chi connectivity index (χ3n) is 5.10. The minimum atomic E-state index is -0.533. The van der Waals surface area contributed by atoms with E-state index in [9.17, 15) is 9.59 Å². The predicted molar refractivity (Wildman–Crippen MR) is 149 cm³/mol.